The molecule has 0 aliphatic rings. The second-order valence-corrected chi connectivity index (χ2v) is 5.29. The van der Waals surface area contributed by atoms with Crippen molar-refractivity contribution < 1.29 is 13.9 Å². The van der Waals surface area contributed by atoms with E-state index in [1.54, 1.807) is 6.92 Å². The van der Waals surface area contributed by atoms with Gasteiger partial charge in [0, 0.05) is 17.2 Å². The highest BCUT2D eigenvalue weighted by atomic mass is 32.1. The summed E-state index contributed by atoms with van der Waals surface area (Å²) < 4.78 is 11.3. The lowest BCUT2D eigenvalue weighted by Crippen LogP contribution is -2.01. The summed E-state index contributed by atoms with van der Waals surface area (Å²) in [5, 5.41) is 1.56. The van der Waals surface area contributed by atoms with Gasteiger partial charge in [0.15, 0.2) is 11.4 Å². The zero-order valence-electron chi connectivity index (χ0n) is 11.1. The van der Waals surface area contributed by atoms with E-state index in [4.69, 9.17) is 9.15 Å². The summed E-state index contributed by atoms with van der Waals surface area (Å²) in [4.78, 5) is 23.4. The highest BCUT2D eigenvalue weighted by molar-refractivity contribution is 7.16. The largest absolute Gasteiger partial charge is 0.495 e. The van der Waals surface area contributed by atoms with E-state index in [0.717, 1.165) is 22.1 Å². The first-order valence-electron chi connectivity index (χ1n) is 6.23. The third kappa shape index (κ3) is 1.74. The van der Waals surface area contributed by atoms with Crippen LogP contribution in [-0.4, -0.2) is 12.9 Å². The molecule has 0 unspecified atom stereocenters. The van der Waals surface area contributed by atoms with Crippen LogP contribution in [0.3, 0.4) is 0 Å². The average Bonchev–Trinajstić information content (AvgIpc) is 2.86. The van der Waals surface area contributed by atoms with Gasteiger partial charge < -0.3 is 9.15 Å². The maximum Gasteiger partial charge on any atom is 0.396 e. The number of fused-ring (bicyclic) bond motifs is 3. The van der Waals surface area contributed by atoms with E-state index in [9.17, 15) is 9.59 Å². The van der Waals surface area contributed by atoms with Crippen LogP contribution in [0.4, 0.5) is 0 Å². The molecule has 0 aliphatic carbocycles. The maximum atomic E-state index is 12.2. The van der Waals surface area contributed by atoms with Crippen molar-refractivity contribution in [3.8, 4) is 5.75 Å². The van der Waals surface area contributed by atoms with E-state index in [2.05, 4.69) is 0 Å². The maximum absolute atomic E-state index is 12.2. The van der Waals surface area contributed by atoms with Crippen LogP contribution in [0.1, 0.15) is 23.7 Å². The topological polar surface area (TPSA) is 56.5 Å². The number of benzene rings is 2. The van der Waals surface area contributed by atoms with Crippen LogP contribution in [0, 0.1) is 0 Å². The number of Topliss-reactive ketones (excluding diaryl/α,β-unsaturated/α-hetero) is 1. The van der Waals surface area contributed by atoms with Crippen LogP contribution in [0.5, 0.6) is 5.75 Å². The second kappa shape index (κ2) is 4.76. The van der Waals surface area contributed by atoms with Crippen molar-refractivity contribution in [3.63, 3.8) is 0 Å². The van der Waals surface area contributed by atoms with E-state index in [1.165, 1.54) is 7.11 Å². The fourth-order valence-corrected chi connectivity index (χ4v) is 3.23. The molecule has 1 heterocycles. The van der Waals surface area contributed by atoms with Crippen molar-refractivity contribution in [3.05, 3.63) is 39.6 Å². The van der Waals surface area contributed by atoms with Gasteiger partial charge >= 0.3 is 4.94 Å². The van der Waals surface area contributed by atoms with Gasteiger partial charge in [-0.05, 0) is 0 Å². The first-order chi connectivity index (χ1) is 9.67. The highest BCUT2D eigenvalue weighted by Crippen LogP contribution is 2.39. The van der Waals surface area contributed by atoms with E-state index in [0.29, 0.717) is 28.0 Å². The molecular formula is C15H12O4S. The zero-order chi connectivity index (χ0) is 14.3. The number of ether oxygens (including phenoxy) is 1. The number of carbonyl (C=O) groups is 1. The first kappa shape index (κ1) is 12.9. The van der Waals surface area contributed by atoms with Gasteiger partial charge in [-0.25, -0.2) is 4.79 Å². The Morgan fingerprint density at radius 3 is 2.65 bits per heavy atom. The molecule has 0 N–H and O–H groups in total. The van der Waals surface area contributed by atoms with Gasteiger partial charge in [-0.3, -0.25) is 4.79 Å². The quantitative estimate of drug-likeness (QED) is 0.691. The molecule has 0 saturated heterocycles. The first-order valence-corrected chi connectivity index (χ1v) is 7.04. The molecule has 102 valence electrons. The van der Waals surface area contributed by atoms with Crippen molar-refractivity contribution in [1.82, 2.24) is 0 Å². The summed E-state index contributed by atoms with van der Waals surface area (Å²) in [6.45, 7) is 1.78. The smallest absolute Gasteiger partial charge is 0.396 e. The van der Waals surface area contributed by atoms with Crippen molar-refractivity contribution in [2.75, 3.05) is 7.11 Å². The molecule has 0 radical (unpaired) electrons. The minimum absolute atomic E-state index is 0.0605. The Balaban J connectivity index is 2.62. The van der Waals surface area contributed by atoms with Crippen molar-refractivity contribution in [2.24, 2.45) is 0 Å². The highest BCUT2D eigenvalue weighted by Gasteiger charge is 2.22. The van der Waals surface area contributed by atoms with Crippen LogP contribution >= 0.6 is 11.3 Å². The molecule has 0 atom stereocenters. The lowest BCUT2D eigenvalue weighted by molar-refractivity contribution is 0.0987. The second-order valence-electron chi connectivity index (χ2n) is 4.34. The number of hydrogen-bond acceptors (Lipinski definition) is 5. The fraction of sp³-hybridized carbons (Fsp3) is 0.200. The molecule has 5 heteroatoms. The summed E-state index contributed by atoms with van der Waals surface area (Å²) in [6, 6.07) is 7.44. The summed E-state index contributed by atoms with van der Waals surface area (Å²) in [5.41, 5.74) is 0.910. The van der Waals surface area contributed by atoms with Crippen molar-refractivity contribution in [1.29, 1.82) is 0 Å². The van der Waals surface area contributed by atoms with E-state index >= 15 is 0 Å². The van der Waals surface area contributed by atoms with E-state index < -0.39 is 4.94 Å². The zero-order valence-corrected chi connectivity index (χ0v) is 11.9. The van der Waals surface area contributed by atoms with Crippen LogP contribution < -0.4 is 9.68 Å². The van der Waals surface area contributed by atoms with Crippen LogP contribution in [-0.2, 0) is 0 Å². The molecule has 0 saturated carbocycles. The Labute approximate surface area is 118 Å². The number of methoxy groups -OCH3 is 1. The van der Waals surface area contributed by atoms with Gasteiger partial charge in [-0.2, -0.15) is 0 Å². The molecule has 4 nitrogen and oxygen atoms in total. The summed E-state index contributed by atoms with van der Waals surface area (Å²) in [5.74, 6) is 0.451. The fourth-order valence-electron chi connectivity index (χ4n) is 2.38. The Bertz CT molecular complexity index is 873. The Morgan fingerprint density at radius 1 is 1.30 bits per heavy atom. The van der Waals surface area contributed by atoms with Crippen molar-refractivity contribution >= 4 is 38.2 Å². The Morgan fingerprint density at radius 2 is 2.00 bits per heavy atom. The molecule has 0 spiro atoms. The molecular weight excluding hydrogens is 276 g/mol. The predicted octanol–water partition coefficient (Wildman–Crippen LogP) is 3.61. The van der Waals surface area contributed by atoms with Gasteiger partial charge in [0.2, 0.25) is 0 Å². The van der Waals surface area contributed by atoms with Crippen LogP contribution in [0.2, 0.25) is 0 Å². The lowest BCUT2D eigenvalue weighted by atomic mass is 10.0. The van der Waals surface area contributed by atoms with E-state index in [1.807, 2.05) is 24.3 Å². The van der Waals surface area contributed by atoms with Gasteiger partial charge in [-0.15, -0.1) is 0 Å². The van der Waals surface area contributed by atoms with E-state index in [-0.39, 0.29) is 5.78 Å². The number of rotatable bonds is 3. The minimum atomic E-state index is -0.413. The molecule has 2 aromatic carbocycles. The third-order valence-corrected chi connectivity index (χ3v) is 4.10. The molecule has 0 amide bonds. The summed E-state index contributed by atoms with van der Waals surface area (Å²) in [7, 11) is 1.53. The van der Waals surface area contributed by atoms with Gasteiger partial charge in [0.05, 0.1) is 17.4 Å². The van der Waals surface area contributed by atoms with Crippen LogP contribution in [0.25, 0.3) is 21.1 Å². The number of ketones is 1. The third-order valence-electron chi connectivity index (χ3n) is 3.25. The summed E-state index contributed by atoms with van der Waals surface area (Å²) in [6.07, 6.45) is 0.343. The molecule has 0 aliphatic heterocycles. The molecule has 1 aromatic heterocycles. The van der Waals surface area contributed by atoms with Crippen LogP contribution in [0.15, 0.2) is 33.5 Å². The molecule has 0 bridgehead atoms. The van der Waals surface area contributed by atoms with Gasteiger partial charge in [0.1, 0.15) is 5.75 Å². The van der Waals surface area contributed by atoms with Gasteiger partial charge in [-0.1, -0.05) is 42.5 Å². The standard InChI is InChI=1S/C15H12O4S/c1-3-10(16)11-12(18-2)8-6-4-5-7-9(8)13-14(11)20-15(17)19-13/h4-7H,3H2,1-2H3. The average molecular weight is 288 g/mol. The van der Waals surface area contributed by atoms with Crippen molar-refractivity contribution in [2.45, 2.75) is 13.3 Å². The molecule has 20 heavy (non-hydrogen) atoms. The molecule has 0 fully saturated rings. The number of carbonyl (C=O) groups excluding carboxylic acids is 1. The summed E-state index contributed by atoms with van der Waals surface area (Å²) >= 11 is 0.944. The Kier molecular flexibility index (Phi) is 3.06. The molecule has 3 aromatic rings. The number of hydrogen-bond donors (Lipinski definition) is 0. The Hall–Kier alpha value is -2.14. The SMILES string of the molecule is CCC(=O)c1c(OC)c2ccccc2c2oc(=O)sc12. The molecule has 3 rings (SSSR count). The monoisotopic (exact) mass is 288 g/mol. The minimum Gasteiger partial charge on any atom is -0.495 e. The van der Waals surface area contributed by atoms with Gasteiger partial charge in [0.25, 0.3) is 0 Å². The lowest BCUT2D eigenvalue weighted by Gasteiger charge is -2.11. The predicted molar refractivity (Wildman–Crippen MR) is 79.0 cm³/mol. The normalized spacial score (nSPS) is 11.1.